The molecule has 11 rings (SSSR count). The van der Waals surface area contributed by atoms with Gasteiger partial charge in [-0.15, -0.1) is 0 Å². The van der Waals surface area contributed by atoms with Crippen LogP contribution in [0.3, 0.4) is 0 Å². The minimum absolute atomic E-state index is 0.0358. The summed E-state index contributed by atoms with van der Waals surface area (Å²) in [4.78, 5) is 27.9. The second-order valence-electron chi connectivity index (χ2n) is 19.6. The minimum atomic E-state index is -0.132. The summed E-state index contributed by atoms with van der Waals surface area (Å²) in [6, 6.07) is 25.5. The van der Waals surface area contributed by atoms with Crippen molar-refractivity contribution in [2.75, 3.05) is 58.5 Å². The highest BCUT2D eigenvalue weighted by molar-refractivity contribution is 6.01. The van der Waals surface area contributed by atoms with Gasteiger partial charge in [-0.1, -0.05) is 67.2 Å². The first kappa shape index (κ1) is 44.0. The Morgan fingerprint density at radius 2 is 1.64 bits per heavy atom. The van der Waals surface area contributed by atoms with Crippen LogP contribution in [0.25, 0.3) is 0 Å². The van der Waals surface area contributed by atoms with Gasteiger partial charge in [-0.2, -0.15) is 0 Å². The van der Waals surface area contributed by atoms with Gasteiger partial charge >= 0.3 is 0 Å². The Kier molecular flexibility index (Phi) is 12.6. The Balaban J connectivity index is 0.000000465. The lowest BCUT2D eigenvalue weighted by Gasteiger charge is -2.55. The first-order valence-electron chi connectivity index (χ1n) is 23.6. The zero-order chi connectivity index (χ0) is 44.6. The standard InChI is InChI=1S/C47H52FN3O3.C6H9NO.CH4O/c1-30-22-38-44(37-25-49-45(52)42(30)37)54-29-47(38)18-20-50(21-19-47)26-31-14-16-46(17-15-31)27-51(28-46)40-24-41(53-2)36(23-39(40)48)43-34-11-7-6-10-33(34)12-13-35(43)32-8-4-3-5-9-32;1-5-3-2-4-6(8)7-5;1-2/h3-11,22-24,31,35,43H,12-21,25-29H2,1-2H3,(H,49,52);1-4H2,(H,7,8);2H,1H3. The Hall–Kier alpha value is -5.19. The number of aliphatic hydroxyl groups is 1. The molecular weight excluding hydrogens is 804 g/mol. The number of piperidine rings is 2. The summed E-state index contributed by atoms with van der Waals surface area (Å²) in [6.45, 7) is 12.2. The third-order valence-electron chi connectivity index (χ3n) is 15.8. The van der Waals surface area contributed by atoms with Crippen LogP contribution in [0.5, 0.6) is 11.5 Å². The number of aryl methyl sites for hydroxylation is 2. The number of anilines is 1. The fourth-order valence-corrected chi connectivity index (χ4v) is 12.3. The van der Waals surface area contributed by atoms with Gasteiger partial charge in [0.1, 0.15) is 17.3 Å². The summed E-state index contributed by atoms with van der Waals surface area (Å²) in [7, 11) is 2.74. The van der Waals surface area contributed by atoms with E-state index in [0.717, 1.165) is 124 Å². The highest BCUT2D eigenvalue weighted by Gasteiger charge is 2.48. The van der Waals surface area contributed by atoms with E-state index in [1.54, 1.807) is 13.2 Å². The normalized spacial score (nSPS) is 23.0. The number of carbonyl (C=O) groups is 2. The highest BCUT2D eigenvalue weighted by atomic mass is 19.1. The number of rotatable bonds is 6. The number of methoxy groups -OCH3 is 1. The molecule has 338 valence electrons. The van der Waals surface area contributed by atoms with Gasteiger partial charge in [0.05, 0.1) is 25.0 Å². The molecule has 3 N–H and O–H groups in total. The monoisotopic (exact) mass is 868 g/mol. The number of nitrogens with one attached hydrogen (secondary N) is 2. The number of ether oxygens (including phenoxy) is 2. The van der Waals surface area contributed by atoms with Crippen molar-refractivity contribution in [1.82, 2.24) is 15.5 Å². The van der Waals surface area contributed by atoms with Crippen molar-refractivity contribution < 1.29 is 28.6 Å². The molecule has 2 aliphatic carbocycles. The van der Waals surface area contributed by atoms with Crippen molar-refractivity contribution in [3.63, 3.8) is 0 Å². The maximum absolute atomic E-state index is 16.3. The molecule has 64 heavy (non-hydrogen) atoms. The molecule has 1 saturated carbocycles. The number of amides is 2. The van der Waals surface area contributed by atoms with Crippen LogP contribution in [0.4, 0.5) is 10.1 Å². The number of likely N-dealkylation sites (tertiary alicyclic amines) is 1. The lowest BCUT2D eigenvalue weighted by molar-refractivity contribution is -0.121. The molecule has 0 aromatic heterocycles. The van der Waals surface area contributed by atoms with Crippen LogP contribution in [-0.4, -0.2) is 75.4 Å². The zero-order valence-electron chi connectivity index (χ0n) is 37.9. The van der Waals surface area contributed by atoms with Gasteiger partial charge in [-0.05, 0) is 124 Å². The third kappa shape index (κ3) is 8.32. The molecule has 4 aromatic carbocycles. The Morgan fingerprint density at radius 3 is 2.34 bits per heavy atom. The van der Waals surface area contributed by atoms with Crippen molar-refractivity contribution in [2.45, 2.75) is 101 Å². The van der Waals surface area contributed by atoms with Crippen molar-refractivity contribution in [3.8, 4) is 11.5 Å². The van der Waals surface area contributed by atoms with Gasteiger partial charge in [0.25, 0.3) is 5.91 Å². The van der Waals surface area contributed by atoms with E-state index in [9.17, 15) is 9.59 Å². The number of allylic oxidation sites excluding steroid dienone is 1. The first-order valence-corrected chi connectivity index (χ1v) is 23.6. The topological polar surface area (TPSA) is 103 Å². The largest absolute Gasteiger partial charge is 0.496 e. The number of benzene rings is 4. The van der Waals surface area contributed by atoms with E-state index in [-0.39, 0.29) is 34.9 Å². The second kappa shape index (κ2) is 18.4. The minimum Gasteiger partial charge on any atom is -0.496 e. The van der Waals surface area contributed by atoms with Gasteiger partial charge in [-0.3, -0.25) is 9.59 Å². The van der Waals surface area contributed by atoms with E-state index < -0.39 is 0 Å². The van der Waals surface area contributed by atoms with Gasteiger partial charge in [0.15, 0.2) is 0 Å². The van der Waals surface area contributed by atoms with E-state index in [1.807, 2.05) is 6.07 Å². The molecule has 5 heterocycles. The number of nitrogens with zero attached hydrogens (tertiary/aromatic N) is 2. The second-order valence-corrected chi connectivity index (χ2v) is 19.6. The molecule has 10 heteroatoms. The molecule has 0 radical (unpaired) electrons. The molecule has 7 aliphatic rings. The van der Waals surface area contributed by atoms with Crippen molar-refractivity contribution in [3.05, 3.63) is 135 Å². The zero-order valence-corrected chi connectivity index (χ0v) is 37.9. The number of hydrogen-bond acceptors (Lipinski definition) is 7. The molecule has 2 amide bonds. The first-order chi connectivity index (χ1) is 31.1. The molecule has 2 spiro atoms. The van der Waals surface area contributed by atoms with Crippen LogP contribution in [0.2, 0.25) is 0 Å². The summed E-state index contributed by atoms with van der Waals surface area (Å²) in [5, 5.41) is 12.6. The third-order valence-corrected chi connectivity index (χ3v) is 15.8. The molecule has 0 bridgehead atoms. The van der Waals surface area contributed by atoms with Crippen LogP contribution >= 0.6 is 0 Å². The Bertz CT molecular complexity index is 2360. The van der Waals surface area contributed by atoms with Crippen LogP contribution in [0.15, 0.2) is 85.1 Å². The van der Waals surface area contributed by atoms with Crippen LogP contribution < -0.4 is 25.0 Å². The predicted octanol–water partition coefficient (Wildman–Crippen LogP) is 9.08. The maximum atomic E-state index is 16.3. The summed E-state index contributed by atoms with van der Waals surface area (Å²) in [6.07, 6.45) is 11.8. The summed E-state index contributed by atoms with van der Waals surface area (Å²) in [5.74, 6) is 2.81. The van der Waals surface area contributed by atoms with Crippen molar-refractivity contribution >= 4 is 17.5 Å². The molecule has 2 unspecified atom stereocenters. The van der Waals surface area contributed by atoms with Crippen LogP contribution in [-0.2, 0) is 23.2 Å². The van der Waals surface area contributed by atoms with E-state index in [0.29, 0.717) is 24.1 Å². The summed E-state index contributed by atoms with van der Waals surface area (Å²) < 4.78 is 28.8. The Morgan fingerprint density at radius 1 is 0.906 bits per heavy atom. The van der Waals surface area contributed by atoms with Crippen LogP contribution in [0, 0.1) is 24.1 Å². The SMILES string of the molecule is C=C1CCCC(=O)N1.CO.COc1cc(N2CC3(CCC(CN4CCC5(CC4)COc4c5cc(C)c5c4CNC5=O)CC3)C2)c(F)cc1C1c2ccccc2CCC1c1ccccc1. The van der Waals surface area contributed by atoms with E-state index in [2.05, 4.69) is 94.6 Å². The smallest absolute Gasteiger partial charge is 0.252 e. The molecule has 3 saturated heterocycles. The van der Waals surface area contributed by atoms with Gasteiger partial charge in [0, 0.05) is 84.9 Å². The van der Waals surface area contributed by atoms with Crippen molar-refractivity contribution in [2.24, 2.45) is 11.3 Å². The number of aliphatic hydroxyl groups excluding tert-OH is 1. The quantitative estimate of drug-likeness (QED) is 0.178. The average molecular weight is 869 g/mol. The summed E-state index contributed by atoms with van der Waals surface area (Å²) in [5.41, 5.74) is 11.1. The fraction of sp³-hybridized carbons (Fsp3) is 0.481. The number of carbonyl (C=O) groups excluding carboxylic acids is 2. The van der Waals surface area contributed by atoms with Gasteiger partial charge in [-0.25, -0.2) is 4.39 Å². The van der Waals surface area contributed by atoms with Crippen molar-refractivity contribution in [1.29, 1.82) is 0 Å². The lowest BCUT2D eigenvalue weighted by atomic mass is 9.65. The number of halogens is 1. The Labute approximate surface area is 378 Å². The lowest BCUT2D eigenvalue weighted by Crippen LogP contribution is -2.58. The predicted molar refractivity (Wildman–Crippen MR) is 250 cm³/mol. The maximum Gasteiger partial charge on any atom is 0.252 e. The van der Waals surface area contributed by atoms with E-state index in [1.165, 1.54) is 54.5 Å². The van der Waals surface area contributed by atoms with Gasteiger partial charge in [0.2, 0.25) is 5.91 Å². The highest BCUT2D eigenvalue weighted by Crippen LogP contribution is 2.53. The molecule has 2 atom stereocenters. The molecule has 9 nitrogen and oxygen atoms in total. The molecular formula is C54H65FN4O5. The van der Waals surface area contributed by atoms with Crippen LogP contribution in [0.1, 0.15) is 125 Å². The molecule has 4 fully saturated rings. The average Bonchev–Trinajstić information content (AvgIpc) is 3.87. The molecule has 5 aliphatic heterocycles. The number of hydrogen-bond donors (Lipinski definition) is 3. The number of fused-ring (bicyclic) bond motifs is 5. The fourth-order valence-electron chi connectivity index (χ4n) is 12.3. The van der Waals surface area contributed by atoms with E-state index in [4.69, 9.17) is 14.6 Å². The summed E-state index contributed by atoms with van der Waals surface area (Å²) >= 11 is 0. The molecule has 4 aromatic rings. The van der Waals surface area contributed by atoms with E-state index >= 15 is 4.39 Å². The van der Waals surface area contributed by atoms with Gasteiger partial charge < -0.3 is 35.0 Å².